The maximum absolute atomic E-state index is 11.1. The van der Waals surface area contributed by atoms with E-state index in [2.05, 4.69) is 42.5 Å². The van der Waals surface area contributed by atoms with Gasteiger partial charge in [-0.15, -0.1) is 0 Å². The predicted octanol–water partition coefficient (Wildman–Crippen LogP) is 1.83. The first kappa shape index (κ1) is 12.0. The molecule has 0 atom stereocenters. The Morgan fingerprint density at radius 2 is 2.00 bits per heavy atom. The van der Waals surface area contributed by atoms with Crippen LogP contribution in [0, 0.1) is 10.1 Å². The fourth-order valence-electron chi connectivity index (χ4n) is 1.31. The summed E-state index contributed by atoms with van der Waals surface area (Å²) >= 11 is 6.12. The van der Waals surface area contributed by atoms with Gasteiger partial charge in [-0.05, 0) is 37.9 Å². The highest BCUT2D eigenvalue weighted by molar-refractivity contribution is 9.13. The number of nitro groups is 1. The lowest BCUT2D eigenvalue weighted by Crippen LogP contribution is -2.33. The van der Waals surface area contributed by atoms with Crippen molar-refractivity contribution in [2.24, 2.45) is 0 Å². The van der Waals surface area contributed by atoms with Crippen LogP contribution >= 0.6 is 31.9 Å². The summed E-state index contributed by atoms with van der Waals surface area (Å²) in [5.74, 6) is -1.98. The Bertz CT molecular complexity index is 572. The molecule has 0 saturated carbocycles. The number of anilines is 1. The minimum absolute atomic E-state index is 0.122. The molecule has 2 amide bonds. The summed E-state index contributed by atoms with van der Waals surface area (Å²) < 4.78 is 0.543. The number of carbonyl (C=O) groups is 2. The van der Waals surface area contributed by atoms with Crippen molar-refractivity contribution < 1.29 is 14.5 Å². The third kappa shape index (κ3) is 1.91. The lowest BCUT2D eigenvalue weighted by Gasteiger charge is -2.16. The van der Waals surface area contributed by atoms with E-state index in [1.807, 2.05) is 0 Å². The summed E-state index contributed by atoms with van der Waals surface area (Å²) in [6, 6.07) is 1.43. The third-order valence-corrected chi connectivity index (χ3v) is 3.97. The topological polar surface area (TPSA) is 103 Å². The fourth-order valence-corrected chi connectivity index (χ4v) is 2.17. The van der Waals surface area contributed by atoms with Crippen LogP contribution in [0.15, 0.2) is 15.0 Å². The summed E-state index contributed by atoms with van der Waals surface area (Å²) in [5, 5.41) is 16.5. The Balaban J connectivity index is 2.72. The van der Waals surface area contributed by atoms with E-state index < -0.39 is 16.7 Å². The number of nitrogens with zero attached hydrogens (tertiary/aromatic N) is 2. The zero-order chi connectivity index (χ0) is 12.7. The molecular formula is C8H2Br2N3O4. The molecule has 1 aromatic carbocycles. The van der Waals surface area contributed by atoms with Gasteiger partial charge in [0.25, 0.3) is 0 Å². The average molecular weight is 364 g/mol. The number of nitrogens with one attached hydrogen (secondary N) is 1. The van der Waals surface area contributed by atoms with Gasteiger partial charge in [0.2, 0.25) is 0 Å². The summed E-state index contributed by atoms with van der Waals surface area (Å²) in [7, 11) is 0. The number of hydrogen-bond acceptors (Lipinski definition) is 4. The molecule has 9 heteroatoms. The van der Waals surface area contributed by atoms with Gasteiger partial charge in [0, 0.05) is 4.47 Å². The van der Waals surface area contributed by atoms with Gasteiger partial charge in [-0.25, -0.2) is 0 Å². The van der Waals surface area contributed by atoms with E-state index in [0.29, 0.717) is 4.47 Å². The summed E-state index contributed by atoms with van der Waals surface area (Å²) in [5.41, 5.74) is -0.409. The fraction of sp³-hybridized carbons (Fsp3) is 0. The highest BCUT2D eigenvalue weighted by atomic mass is 79.9. The van der Waals surface area contributed by atoms with Crippen molar-refractivity contribution in [1.82, 2.24) is 5.32 Å². The first-order chi connectivity index (χ1) is 7.91. The Labute approximate surface area is 111 Å². The molecule has 0 bridgehead atoms. The number of fused-ring (bicyclic) bond motifs is 1. The molecule has 0 saturated heterocycles. The molecule has 2 rings (SSSR count). The summed E-state index contributed by atoms with van der Waals surface area (Å²) in [6.45, 7) is 0. The first-order valence-corrected chi connectivity index (χ1v) is 5.74. The van der Waals surface area contributed by atoms with E-state index in [1.54, 1.807) is 0 Å². The van der Waals surface area contributed by atoms with Crippen molar-refractivity contribution in [2.45, 2.75) is 0 Å². The molecule has 1 aliphatic rings. The Hall–Kier alpha value is -1.48. The molecule has 1 radical (unpaired) electrons. The van der Waals surface area contributed by atoms with E-state index in [9.17, 15) is 19.7 Å². The Morgan fingerprint density at radius 1 is 1.35 bits per heavy atom. The molecule has 1 N–H and O–H groups in total. The SMILES string of the molecule is O=C1[N]c2c(cc(Br)c(Br)c2[N+](=O)[O-])NC1=O. The van der Waals surface area contributed by atoms with Crippen molar-refractivity contribution in [2.75, 3.05) is 5.32 Å². The maximum Gasteiger partial charge on any atom is 0.336 e. The third-order valence-electron chi connectivity index (χ3n) is 2.01. The molecule has 17 heavy (non-hydrogen) atoms. The van der Waals surface area contributed by atoms with Crippen molar-refractivity contribution in [3.8, 4) is 0 Å². The summed E-state index contributed by atoms with van der Waals surface area (Å²) in [4.78, 5) is 32.4. The van der Waals surface area contributed by atoms with Crippen LogP contribution in [0.4, 0.5) is 17.1 Å². The number of rotatable bonds is 1. The first-order valence-electron chi connectivity index (χ1n) is 4.15. The minimum atomic E-state index is -1.06. The molecule has 0 aliphatic carbocycles. The number of hydrogen-bond donors (Lipinski definition) is 1. The Morgan fingerprint density at radius 3 is 2.59 bits per heavy atom. The largest absolute Gasteiger partial charge is 0.336 e. The van der Waals surface area contributed by atoms with Gasteiger partial charge in [0.05, 0.1) is 10.6 Å². The van der Waals surface area contributed by atoms with Crippen molar-refractivity contribution >= 4 is 60.7 Å². The smallest absolute Gasteiger partial charge is 0.316 e. The molecule has 1 aliphatic heterocycles. The molecule has 0 spiro atoms. The lowest BCUT2D eigenvalue weighted by atomic mass is 10.2. The van der Waals surface area contributed by atoms with Crippen LogP contribution in [0.2, 0.25) is 0 Å². The van der Waals surface area contributed by atoms with Gasteiger partial charge >= 0.3 is 17.5 Å². The number of nitro benzene ring substituents is 1. The van der Waals surface area contributed by atoms with E-state index in [-0.39, 0.29) is 21.5 Å². The highest BCUT2D eigenvalue weighted by Gasteiger charge is 2.34. The highest BCUT2D eigenvalue weighted by Crippen LogP contribution is 2.44. The van der Waals surface area contributed by atoms with Crippen LogP contribution < -0.4 is 10.6 Å². The average Bonchev–Trinajstić information content (AvgIpc) is 2.23. The van der Waals surface area contributed by atoms with Crippen molar-refractivity contribution in [3.05, 3.63) is 25.1 Å². The molecule has 1 heterocycles. The van der Waals surface area contributed by atoms with Crippen LogP contribution in [-0.2, 0) is 9.59 Å². The van der Waals surface area contributed by atoms with Gasteiger partial charge in [-0.1, -0.05) is 0 Å². The maximum atomic E-state index is 11.1. The molecular weight excluding hydrogens is 362 g/mol. The number of amides is 2. The van der Waals surface area contributed by atoms with Gasteiger partial charge in [0.15, 0.2) is 5.69 Å². The second-order valence-corrected chi connectivity index (χ2v) is 4.69. The van der Waals surface area contributed by atoms with Gasteiger partial charge in [-0.2, -0.15) is 5.32 Å². The Kier molecular flexibility index (Phi) is 2.87. The second-order valence-electron chi connectivity index (χ2n) is 3.05. The summed E-state index contributed by atoms with van der Waals surface area (Å²) in [6.07, 6.45) is 0. The van der Waals surface area contributed by atoms with E-state index >= 15 is 0 Å². The number of carbonyl (C=O) groups excluding carboxylic acids is 2. The molecule has 87 valence electrons. The van der Waals surface area contributed by atoms with E-state index in [1.165, 1.54) is 6.07 Å². The zero-order valence-corrected chi connectivity index (χ0v) is 11.0. The van der Waals surface area contributed by atoms with Gasteiger partial charge in [0.1, 0.15) is 4.47 Å². The molecule has 0 unspecified atom stereocenters. The van der Waals surface area contributed by atoms with Crippen LogP contribution in [-0.4, -0.2) is 16.7 Å². The van der Waals surface area contributed by atoms with Crippen LogP contribution in [0.3, 0.4) is 0 Å². The van der Waals surface area contributed by atoms with E-state index in [4.69, 9.17) is 0 Å². The lowest BCUT2D eigenvalue weighted by molar-refractivity contribution is -0.385. The van der Waals surface area contributed by atoms with Crippen LogP contribution in [0.25, 0.3) is 0 Å². The molecule has 7 nitrogen and oxygen atoms in total. The normalized spacial score (nSPS) is 13.8. The van der Waals surface area contributed by atoms with E-state index in [0.717, 1.165) is 0 Å². The van der Waals surface area contributed by atoms with Gasteiger partial charge < -0.3 is 5.32 Å². The number of benzene rings is 1. The quantitative estimate of drug-likeness (QED) is 0.467. The standard InChI is InChI=1S/C8H2Br2N3O4/c9-2-1-3-5(6(4(2)10)13(16)17)12-8(15)7(14)11-3/h1H,(H,11,14). The van der Waals surface area contributed by atoms with Crippen LogP contribution in [0.1, 0.15) is 0 Å². The molecule has 0 aromatic heterocycles. The second kappa shape index (κ2) is 4.08. The predicted molar refractivity (Wildman–Crippen MR) is 63.9 cm³/mol. The van der Waals surface area contributed by atoms with Gasteiger partial charge in [-0.3, -0.25) is 19.7 Å². The monoisotopic (exact) mass is 362 g/mol. The molecule has 0 fully saturated rings. The number of halogens is 2. The van der Waals surface area contributed by atoms with Crippen LogP contribution in [0.5, 0.6) is 0 Å². The zero-order valence-electron chi connectivity index (χ0n) is 7.86. The molecule has 1 aromatic rings. The minimum Gasteiger partial charge on any atom is -0.316 e. The van der Waals surface area contributed by atoms with Crippen molar-refractivity contribution in [3.63, 3.8) is 0 Å². The van der Waals surface area contributed by atoms with Crippen molar-refractivity contribution in [1.29, 1.82) is 0 Å².